The van der Waals surface area contributed by atoms with Gasteiger partial charge in [-0.1, -0.05) is 41.4 Å². The van der Waals surface area contributed by atoms with Gasteiger partial charge in [0.25, 0.3) is 0 Å². The molecule has 0 aliphatic carbocycles. The molecule has 3 aromatic rings. The number of allylic oxidation sites excluding steroid dienone is 1. The van der Waals surface area contributed by atoms with Crippen LogP contribution in [0.4, 0.5) is 0 Å². The molecule has 3 aromatic carbocycles. The van der Waals surface area contributed by atoms with E-state index in [1.807, 2.05) is 30.3 Å². The molecule has 0 radical (unpaired) electrons. The van der Waals surface area contributed by atoms with E-state index in [-0.39, 0.29) is 6.79 Å². The van der Waals surface area contributed by atoms with E-state index >= 15 is 0 Å². The van der Waals surface area contributed by atoms with Crippen molar-refractivity contribution in [1.82, 2.24) is 0 Å². The maximum atomic E-state index is 9.68. The number of benzene rings is 3. The molecule has 0 bridgehead atoms. The Morgan fingerprint density at radius 2 is 1.79 bits per heavy atom. The molecule has 0 saturated carbocycles. The van der Waals surface area contributed by atoms with Crippen LogP contribution in [0, 0.1) is 11.3 Å². The maximum absolute atomic E-state index is 9.68. The number of halogens is 2. The van der Waals surface area contributed by atoms with E-state index in [1.165, 1.54) is 0 Å². The second-order valence-electron chi connectivity index (χ2n) is 5.95. The van der Waals surface area contributed by atoms with E-state index in [0.29, 0.717) is 38.6 Å². The van der Waals surface area contributed by atoms with Crippen molar-refractivity contribution >= 4 is 34.9 Å². The second-order valence-corrected chi connectivity index (χ2v) is 6.80. The Morgan fingerprint density at radius 1 is 0.964 bits per heavy atom. The number of nitrogens with zero attached hydrogens (tertiary/aromatic N) is 1. The van der Waals surface area contributed by atoms with Gasteiger partial charge in [0.2, 0.25) is 6.79 Å². The van der Waals surface area contributed by atoms with Crippen molar-refractivity contribution in [3.63, 3.8) is 0 Å². The Kier molecular flexibility index (Phi) is 5.12. The molecule has 0 fully saturated rings. The maximum Gasteiger partial charge on any atom is 0.231 e. The van der Waals surface area contributed by atoms with Crippen LogP contribution in [0.3, 0.4) is 0 Å². The topological polar surface area (TPSA) is 51.5 Å². The Morgan fingerprint density at radius 3 is 2.61 bits per heavy atom. The van der Waals surface area contributed by atoms with Crippen molar-refractivity contribution < 1.29 is 14.2 Å². The first kappa shape index (κ1) is 18.2. The fourth-order valence-corrected chi connectivity index (χ4v) is 3.22. The summed E-state index contributed by atoms with van der Waals surface area (Å²) in [6.07, 6.45) is 1.76. The lowest BCUT2D eigenvalue weighted by Gasteiger charge is -2.11. The predicted octanol–water partition coefficient (Wildman–Crippen LogP) is 6.58. The Balaban J connectivity index is 1.70. The Hall–Kier alpha value is -3.13. The van der Waals surface area contributed by atoms with E-state index in [0.717, 1.165) is 11.1 Å². The Bertz CT molecular complexity index is 1120. The summed E-state index contributed by atoms with van der Waals surface area (Å²) in [6.45, 7) is 0.183. The molecule has 138 valence electrons. The quantitative estimate of drug-likeness (QED) is 0.360. The zero-order chi connectivity index (χ0) is 19.5. The molecule has 0 N–H and O–H groups in total. The van der Waals surface area contributed by atoms with Crippen molar-refractivity contribution in [2.75, 3.05) is 6.79 Å². The lowest BCUT2D eigenvalue weighted by Crippen LogP contribution is -1.92. The average Bonchev–Trinajstić information content (AvgIpc) is 3.17. The van der Waals surface area contributed by atoms with Crippen molar-refractivity contribution in [3.8, 4) is 29.1 Å². The van der Waals surface area contributed by atoms with Crippen LogP contribution in [-0.4, -0.2) is 6.79 Å². The highest BCUT2D eigenvalue weighted by Crippen LogP contribution is 2.37. The van der Waals surface area contributed by atoms with Gasteiger partial charge in [-0.2, -0.15) is 5.26 Å². The lowest BCUT2D eigenvalue weighted by molar-refractivity contribution is 0.174. The smallest absolute Gasteiger partial charge is 0.231 e. The summed E-state index contributed by atoms with van der Waals surface area (Å²) >= 11 is 12.2. The monoisotopic (exact) mass is 409 g/mol. The number of hydrogen-bond donors (Lipinski definition) is 0. The van der Waals surface area contributed by atoms with Gasteiger partial charge in [-0.25, -0.2) is 0 Å². The first-order chi connectivity index (χ1) is 13.6. The van der Waals surface area contributed by atoms with Crippen molar-refractivity contribution in [3.05, 3.63) is 81.8 Å². The van der Waals surface area contributed by atoms with Crippen LogP contribution in [0.5, 0.6) is 23.0 Å². The highest BCUT2D eigenvalue weighted by Gasteiger charge is 2.15. The van der Waals surface area contributed by atoms with E-state index in [1.54, 1.807) is 36.4 Å². The minimum absolute atomic E-state index is 0.183. The Labute approximate surface area is 172 Å². The molecule has 0 atom stereocenters. The van der Waals surface area contributed by atoms with Crippen LogP contribution >= 0.6 is 23.2 Å². The highest BCUT2D eigenvalue weighted by atomic mass is 35.5. The molecule has 1 aliphatic rings. The summed E-state index contributed by atoms with van der Waals surface area (Å²) in [4.78, 5) is 0. The highest BCUT2D eigenvalue weighted by molar-refractivity contribution is 6.35. The summed E-state index contributed by atoms with van der Waals surface area (Å²) in [6, 6.07) is 20.1. The minimum atomic E-state index is 0.183. The molecule has 0 saturated heterocycles. The lowest BCUT2D eigenvalue weighted by atomic mass is 10.0. The number of nitriles is 1. The predicted molar refractivity (Wildman–Crippen MR) is 109 cm³/mol. The molecule has 4 rings (SSSR count). The van der Waals surface area contributed by atoms with Gasteiger partial charge in [0, 0.05) is 10.6 Å². The summed E-state index contributed by atoms with van der Waals surface area (Å²) in [5.41, 5.74) is 1.94. The summed E-state index contributed by atoms with van der Waals surface area (Å²) in [5.74, 6) is 2.34. The SMILES string of the molecule is N#CC(=Cc1ccccc1Oc1ccc(Cl)cc1Cl)c1ccc2c(c1)OCO2. The largest absolute Gasteiger partial charge is 0.455 e. The third-order valence-electron chi connectivity index (χ3n) is 4.14. The van der Waals surface area contributed by atoms with Gasteiger partial charge in [-0.3, -0.25) is 0 Å². The fourth-order valence-electron chi connectivity index (χ4n) is 2.77. The molecule has 6 heteroatoms. The third-order valence-corrected chi connectivity index (χ3v) is 4.67. The zero-order valence-electron chi connectivity index (χ0n) is 14.5. The van der Waals surface area contributed by atoms with Gasteiger partial charge < -0.3 is 14.2 Å². The van der Waals surface area contributed by atoms with Gasteiger partial charge in [0.1, 0.15) is 11.5 Å². The number of ether oxygens (including phenoxy) is 3. The van der Waals surface area contributed by atoms with Crippen LogP contribution in [0.25, 0.3) is 11.6 Å². The third kappa shape index (κ3) is 3.77. The molecule has 0 spiro atoms. The van der Waals surface area contributed by atoms with E-state index in [2.05, 4.69) is 6.07 Å². The first-order valence-electron chi connectivity index (χ1n) is 8.38. The standard InChI is InChI=1S/C22H13Cl2NO3/c23-17-6-8-20(18(24)11-17)28-19-4-2-1-3-15(19)9-16(12-25)14-5-7-21-22(10-14)27-13-26-21/h1-11H,13H2. The summed E-state index contributed by atoms with van der Waals surface area (Å²) < 4.78 is 16.7. The zero-order valence-corrected chi connectivity index (χ0v) is 16.0. The fraction of sp³-hybridized carbons (Fsp3) is 0.0455. The van der Waals surface area contributed by atoms with Crippen LogP contribution in [0.15, 0.2) is 60.7 Å². The van der Waals surface area contributed by atoms with Crippen LogP contribution < -0.4 is 14.2 Å². The van der Waals surface area contributed by atoms with Gasteiger partial charge in [0.15, 0.2) is 11.5 Å². The second kappa shape index (κ2) is 7.85. The molecule has 0 amide bonds. The minimum Gasteiger partial charge on any atom is -0.455 e. The van der Waals surface area contributed by atoms with Crippen molar-refractivity contribution in [1.29, 1.82) is 5.26 Å². The molecule has 0 unspecified atom stereocenters. The first-order valence-corrected chi connectivity index (χ1v) is 9.13. The van der Waals surface area contributed by atoms with E-state index < -0.39 is 0 Å². The van der Waals surface area contributed by atoms with Gasteiger partial charge in [-0.15, -0.1) is 0 Å². The normalized spacial score (nSPS) is 12.5. The number of fused-ring (bicyclic) bond motifs is 1. The van der Waals surface area contributed by atoms with Crippen LogP contribution in [0.2, 0.25) is 10.0 Å². The summed E-state index contributed by atoms with van der Waals surface area (Å²) in [7, 11) is 0. The molecule has 1 aliphatic heterocycles. The van der Waals surface area contributed by atoms with Gasteiger partial charge >= 0.3 is 0 Å². The number of hydrogen-bond acceptors (Lipinski definition) is 4. The van der Waals surface area contributed by atoms with Crippen LogP contribution in [0.1, 0.15) is 11.1 Å². The van der Waals surface area contributed by atoms with Gasteiger partial charge in [0.05, 0.1) is 16.7 Å². The molecule has 4 nitrogen and oxygen atoms in total. The van der Waals surface area contributed by atoms with E-state index in [4.69, 9.17) is 37.4 Å². The number of para-hydroxylation sites is 1. The van der Waals surface area contributed by atoms with E-state index in [9.17, 15) is 5.26 Å². The molecular formula is C22H13Cl2NO3. The van der Waals surface area contributed by atoms with Crippen LogP contribution in [-0.2, 0) is 0 Å². The van der Waals surface area contributed by atoms with Gasteiger partial charge in [-0.05, 0) is 54.1 Å². The van der Waals surface area contributed by atoms with Crippen molar-refractivity contribution in [2.45, 2.75) is 0 Å². The summed E-state index contributed by atoms with van der Waals surface area (Å²) in [5, 5.41) is 10.6. The molecule has 0 aromatic heterocycles. The average molecular weight is 410 g/mol. The van der Waals surface area contributed by atoms with Crippen molar-refractivity contribution in [2.24, 2.45) is 0 Å². The molecule has 1 heterocycles. The molecule has 28 heavy (non-hydrogen) atoms. The number of rotatable bonds is 4. The molecular weight excluding hydrogens is 397 g/mol.